The number of aromatic amines is 2. The zero-order valence-corrected chi connectivity index (χ0v) is 15.7. The molecule has 0 aliphatic rings. The number of H-pyrrole nitrogens is 2. The smallest absolute Gasteiger partial charge is 0.449 e. The number of methoxy groups -OCH3 is 1. The molecular weight excluding hydrogens is 399 g/mol. The number of ether oxygens (including phenoxy) is 1. The van der Waals surface area contributed by atoms with Crippen LogP contribution in [0.3, 0.4) is 0 Å². The van der Waals surface area contributed by atoms with E-state index < -0.39 is 17.9 Å². The van der Waals surface area contributed by atoms with Crippen LogP contribution in [0.25, 0.3) is 22.3 Å². The van der Waals surface area contributed by atoms with Crippen molar-refractivity contribution in [2.75, 3.05) is 7.11 Å². The molecule has 0 radical (unpaired) electrons. The van der Waals surface area contributed by atoms with Crippen LogP contribution in [0.4, 0.5) is 13.2 Å². The summed E-state index contributed by atoms with van der Waals surface area (Å²) in [5.41, 5.74) is 2.87. The van der Waals surface area contributed by atoms with Crippen molar-refractivity contribution in [2.24, 2.45) is 0 Å². The van der Waals surface area contributed by atoms with Crippen molar-refractivity contribution < 1.29 is 22.7 Å². The van der Waals surface area contributed by atoms with Gasteiger partial charge in [-0.05, 0) is 42.5 Å². The molecule has 0 aliphatic heterocycles. The minimum atomic E-state index is -4.58. The van der Waals surface area contributed by atoms with Gasteiger partial charge in [-0.25, -0.2) is 4.98 Å². The zero-order chi connectivity index (χ0) is 21.3. The van der Waals surface area contributed by atoms with Gasteiger partial charge in [-0.3, -0.25) is 9.89 Å². The van der Waals surface area contributed by atoms with Crippen LogP contribution in [-0.2, 0) is 12.7 Å². The molecule has 0 atom stereocenters. The summed E-state index contributed by atoms with van der Waals surface area (Å²) in [6, 6.07) is 11.5. The lowest BCUT2D eigenvalue weighted by atomic mass is 10.1. The van der Waals surface area contributed by atoms with Crippen LogP contribution in [0.2, 0.25) is 0 Å². The zero-order valence-electron chi connectivity index (χ0n) is 15.7. The number of halogens is 3. The Hall–Kier alpha value is -3.82. The number of imidazole rings is 1. The molecule has 2 aromatic carbocycles. The van der Waals surface area contributed by atoms with Crippen LogP contribution >= 0.6 is 0 Å². The minimum Gasteiger partial charge on any atom is -0.497 e. The average Bonchev–Trinajstić information content (AvgIpc) is 3.38. The Morgan fingerprint density at radius 2 is 1.93 bits per heavy atom. The Kier molecular flexibility index (Phi) is 4.90. The third kappa shape index (κ3) is 3.84. The number of rotatable bonds is 5. The van der Waals surface area contributed by atoms with Crippen LogP contribution in [0, 0.1) is 0 Å². The summed E-state index contributed by atoms with van der Waals surface area (Å²) < 4.78 is 43.5. The summed E-state index contributed by atoms with van der Waals surface area (Å²) in [5.74, 6) is -0.810. The van der Waals surface area contributed by atoms with Crippen molar-refractivity contribution in [1.82, 2.24) is 25.5 Å². The van der Waals surface area contributed by atoms with Gasteiger partial charge in [0.2, 0.25) is 5.82 Å². The van der Waals surface area contributed by atoms with Crippen molar-refractivity contribution in [3.63, 3.8) is 0 Å². The summed E-state index contributed by atoms with van der Waals surface area (Å²) in [5, 5.41) is 9.69. The molecule has 0 bridgehead atoms. The van der Waals surface area contributed by atoms with Gasteiger partial charge in [0.05, 0.1) is 30.0 Å². The predicted molar refractivity (Wildman–Crippen MR) is 103 cm³/mol. The number of alkyl halides is 3. The van der Waals surface area contributed by atoms with Gasteiger partial charge < -0.3 is 15.0 Å². The van der Waals surface area contributed by atoms with Crippen molar-refractivity contribution in [1.29, 1.82) is 0 Å². The van der Waals surface area contributed by atoms with Gasteiger partial charge in [0.15, 0.2) is 0 Å². The van der Waals surface area contributed by atoms with Crippen molar-refractivity contribution >= 4 is 16.9 Å². The quantitative estimate of drug-likeness (QED) is 0.461. The van der Waals surface area contributed by atoms with E-state index in [0.29, 0.717) is 0 Å². The SMILES string of the molecule is COc1ccc(-c2[nH]ncc2CNC(=O)c2ccc3nc(C(F)(F)F)[nH]c3c2)cc1. The third-order valence-electron chi connectivity index (χ3n) is 4.55. The summed E-state index contributed by atoms with van der Waals surface area (Å²) in [6.07, 6.45) is -2.98. The highest BCUT2D eigenvalue weighted by molar-refractivity contribution is 5.97. The molecule has 0 fully saturated rings. The lowest BCUT2D eigenvalue weighted by Gasteiger charge is -2.07. The number of carbonyl (C=O) groups is 1. The molecule has 1 amide bonds. The van der Waals surface area contributed by atoms with Crippen molar-refractivity contribution in [3.8, 4) is 17.0 Å². The van der Waals surface area contributed by atoms with Crippen LogP contribution in [0.1, 0.15) is 21.7 Å². The van der Waals surface area contributed by atoms with Crippen molar-refractivity contribution in [3.05, 3.63) is 65.6 Å². The molecule has 0 unspecified atom stereocenters. The number of benzene rings is 2. The molecule has 2 heterocycles. The number of amides is 1. The number of aromatic nitrogens is 4. The first-order valence-electron chi connectivity index (χ1n) is 8.87. The highest BCUT2D eigenvalue weighted by Crippen LogP contribution is 2.29. The van der Waals surface area contributed by atoms with E-state index >= 15 is 0 Å². The minimum absolute atomic E-state index is 0.135. The maximum Gasteiger partial charge on any atom is 0.449 e. The van der Waals surface area contributed by atoms with E-state index in [1.807, 2.05) is 24.3 Å². The maximum atomic E-state index is 12.8. The summed E-state index contributed by atoms with van der Waals surface area (Å²) in [7, 11) is 1.58. The fourth-order valence-electron chi connectivity index (χ4n) is 3.02. The molecule has 4 rings (SSSR count). The fraction of sp³-hybridized carbons (Fsp3) is 0.150. The maximum absolute atomic E-state index is 12.8. The van der Waals surface area contributed by atoms with Crippen LogP contribution in [-0.4, -0.2) is 33.2 Å². The number of hydrogen-bond acceptors (Lipinski definition) is 4. The Labute approximate surface area is 168 Å². The Morgan fingerprint density at radius 1 is 1.17 bits per heavy atom. The lowest BCUT2D eigenvalue weighted by molar-refractivity contribution is -0.144. The van der Waals surface area contributed by atoms with Crippen LogP contribution in [0.15, 0.2) is 48.7 Å². The van der Waals surface area contributed by atoms with Gasteiger partial charge in [0.1, 0.15) is 5.75 Å². The second-order valence-electron chi connectivity index (χ2n) is 6.50. The van der Waals surface area contributed by atoms with Gasteiger partial charge in [0, 0.05) is 23.2 Å². The summed E-state index contributed by atoms with van der Waals surface area (Å²) in [4.78, 5) is 18.2. The molecule has 0 spiro atoms. The fourth-order valence-corrected chi connectivity index (χ4v) is 3.02. The molecule has 30 heavy (non-hydrogen) atoms. The van der Waals surface area contributed by atoms with E-state index in [1.165, 1.54) is 18.2 Å². The standard InChI is InChI=1S/C20H16F3N5O2/c1-30-14-5-2-11(3-6-14)17-13(10-25-28-17)9-24-18(29)12-4-7-15-16(8-12)27-19(26-15)20(21,22)23/h2-8,10H,9H2,1H3,(H,24,29)(H,25,28)(H,26,27). The molecule has 0 saturated heterocycles. The number of fused-ring (bicyclic) bond motifs is 1. The topological polar surface area (TPSA) is 95.7 Å². The first kappa shape index (κ1) is 19.5. The van der Waals surface area contributed by atoms with Gasteiger partial charge in [-0.1, -0.05) is 0 Å². The van der Waals surface area contributed by atoms with E-state index in [4.69, 9.17) is 4.74 Å². The van der Waals surface area contributed by atoms with E-state index in [-0.39, 0.29) is 23.1 Å². The molecule has 0 saturated carbocycles. The lowest BCUT2D eigenvalue weighted by Crippen LogP contribution is -2.22. The Bertz CT molecular complexity index is 1200. The Morgan fingerprint density at radius 3 is 2.63 bits per heavy atom. The Balaban J connectivity index is 1.49. The molecule has 0 aliphatic carbocycles. The number of hydrogen-bond donors (Lipinski definition) is 3. The average molecular weight is 415 g/mol. The normalized spacial score (nSPS) is 11.6. The molecule has 2 aromatic heterocycles. The third-order valence-corrected chi connectivity index (χ3v) is 4.55. The number of carbonyl (C=O) groups excluding carboxylic acids is 1. The van der Waals surface area contributed by atoms with Crippen LogP contribution < -0.4 is 10.1 Å². The molecule has 7 nitrogen and oxygen atoms in total. The van der Waals surface area contributed by atoms with Crippen LogP contribution in [0.5, 0.6) is 5.75 Å². The second-order valence-corrected chi connectivity index (χ2v) is 6.50. The van der Waals surface area contributed by atoms with E-state index in [2.05, 4.69) is 25.5 Å². The molecule has 4 aromatic rings. The van der Waals surface area contributed by atoms with Crippen molar-refractivity contribution in [2.45, 2.75) is 12.7 Å². The molecular formula is C20H16F3N5O2. The number of nitrogens with one attached hydrogen (secondary N) is 3. The second kappa shape index (κ2) is 7.54. The number of nitrogens with zero attached hydrogens (tertiary/aromatic N) is 2. The van der Waals surface area contributed by atoms with E-state index in [9.17, 15) is 18.0 Å². The first-order valence-corrected chi connectivity index (χ1v) is 8.87. The van der Waals surface area contributed by atoms with E-state index in [1.54, 1.807) is 13.3 Å². The summed E-state index contributed by atoms with van der Waals surface area (Å²) >= 11 is 0. The summed E-state index contributed by atoms with van der Waals surface area (Å²) in [6.45, 7) is 0.186. The molecule has 154 valence electrons. The van der Waals surface area contributed by atoms with Gasteiger partial charge in [0.25, 0.3) is 5.91 Å². The first-order chi connectivity index (χ1) is 14.3. The van der Waals surface area contributed by atoms with Gasteiger partial charge in [-0.15, -0.1) is 0 Å². The van der Waals surface area contributed by atoms with Gasteiger partial charge >= 0.3 is 6.18 Å². The monoisotopic (exact) mass is 415 g/mol. The molecule has 3 N–H and O–H groups in total. The van der Waals surface area contributed by atoms with E-state index in [0.717, 1.165) is 22.6 Å². The molecule has 10 heteroatoms. The highest BCUT2D eigenvalue weighted by atomic mass is 19.4. The largest absolute Gasteiger partial charge is 0.497 e. The highest BCUT2D eigenvalue weighted by Gasteiger charge is 2.34. The predicted octanol–water partition coefficient (Wildman–Crippen LogP) is 3.91. The van der Waals surface area contributed by atoms with Gasteiger partial charge in [-0.2, -0.15) is 18.3 Å².